The molecule has 0 saturated carbocycles. The molecule has 1 aromatic heterocycles. The lowest BCUT2D eigenvalue weighted by molar-refractivity contribution is -0.137. The van der Waals surface area contributed by atoms with E-state index in [1.807, 2.05) is 4.57 Å². The smallest absolute Gasteiger partial charge is 0.381 e. The van der Waals surface area contributed by atoms with E-state index >= 15 is 0 Å². The summed E-state index contributed by atoms with van der Waals surface area (Å²) in [5.41, 5.74) is 0.421. The first-order valence-electron chi connectivity index (χ1n) is 8.49. The van der Waals surface area contributed by atoms with E-state index in [1.54, 1.807) is 0 Å². The summed E-state index contributed by atoms with van der Waals surface area (Å²) in [5, 5.41) is 3.53. The second-order valence-electron chi connectivity index (χ2n) is 6.56. The van der Waals surface area contributed by atoms with Gasteiger partial charge >= 0.3 is 6.18 Å². The van der Waals surface area contributed by atoms with Crippen LogP contribution in [0.15, 0.2) is 18.2 Å². The van der Waals surface area contributed by atoms with E-state index in [4.69, 9.17) is 9.47 Å². The van der Waals surface area contributed by atoms with Gasteiger partial charge in [-0.05, 0) is 31.0 Å². The van der Waals surface area contributed by atoms with Gasteiger partial charge in [0.05, 0.1) is 29.2 Å². The van der Waals surface area contributed by atoms with Crippen LogP contribution in [0, 0.1) is 0 Å². The van der Waals surface area contributed by atoms with Crippen LogP contribution >= 0.6 is 0 Å². The maximum atomic E-state index is 12.9. The largest absolute Gasteiger partial charge is 0.416 e. The average Bonchev–Trinajstić information content (AvgIpc) is 2.98. The summed E-state index contributed by atoms with van der Waals surface area (Å²) in [5.74, 6) is 0.680. The zero-order valence-electron chi connectivity index (χ0n) is 13.7. The summed E-state index contributed by atoms with van der Waals surface area (Å²) in [6.45, 7) is 3.07. The summed E-state index contributed by atoms with van der Waals surface area (Å²) in [6, 6.07) is 4.18. The Balaban J connectivity index is 1.59. The minimum absolute atomic E-state index is 0.0216. The third-order valence-corrected chi connectivity index (χ3v) is 4.86. The zero-order chi connectivity index (χ0) is 17.4. The van der Waals surface area contributed by atoms with Gasteiger partial charge in [-0.25, -0.2) is 4.98 Å². The molecule has 8 heteroatoms. The summed E-state index contributed by atoms with van der Waals surface area (Å²) in [6.07, 6.45) is -2.42. The molecule has 0 spiro atoms. The van der Waals surface area contributed by atoms with E-state index in [0.29, 0.717) is 37.1 Å². The standard InChI is InChI=1S/C17H20F3N3O2/c18-17(19,20)11-1-2-15-14(7-11)22-16-10-25-9-13(23(15)16)8-21-12-3-5-24-6-4-12/h1-2,7,12-13,21H,3-6,8-10H2. The molecule has 0 aliphatic carbocycles. The number of nitrogens with one attached hydrogen (secondary N) is 1. The number of halogens is 3. The van der Waals surface area contributed by atoms with Gasteiger partial charge in [0.25, 0.3) is 0 Å². The second kappa shape index (κ2) is 6.59. The van der Waals surface area contributed by atoms with Crippen LogP contribution in [0.25, 0.3) is 11.0 Å². The molecule has 1 unspecified atom stereocenters. The highest BCUT2D eigenvalue weighted by Gasteiger charge is 2.32. The number of fused-ring (bicyclic) bond motifs is 3. The van der Waals surface area contributed by atoms with Gasteiger partial charge in [0, 0.05) is 25.8 Å². The number of imidazole rings is 1. The number of nitrogens with zero attached hydrogens (tertiary/aromatic N) is 2. The molecule has 136 valence electrons. The van der Waals surface area contributed by atoms with Gasteiger partial charge < -0.3 is 19.4 Å². The van der Waals surface area contributed by atoms with Crippen LogP contribution < -0.4 is 5.32 Å². The third-order valence-electron chi connectivity index (χ3n) is 4.86. The van der Waals surface area contributed by atoms with Gasteiger partial charge in [0.2, 0.25) is 0 Å². The van der Waals surface area contributed by atoms with Crippen molar-refractivity contribution in [1.82, 2.24) is 14.9 Å². The van der Waals surface area contributed by atoms with Crippen molar-refractivity contribution in [3.63, 3.8) is 0 Å². The molecule has 3 heterocycles. The van der Waals surface area contributed by atoms with Crippen LogP contribution in [-0.4, -0.2) is 42.0 Å². The van der Waals surface area contributed by atoms with Gasteiger partial charge in [-0.15, -0.1) is 0 Å². The molecule has 2 aliphatic heterocycles. The first-order chi connectivity index (χ1) is 12.0. The Morgan fingerprint density at radius 3 is 2.76 bits per heavy atom. The molecular weight excluding hydrogens is 335 g/mol. The lowest BCUT2D eigenvalue weighted by Gasteiger charge is -2.30. The molecule has 4 rings (SSSR count). The second-order valence-corrected chi connectivity index (χ2v) is 6.56. The molecule has 0 amide bonds. The van der Waals surface area contributed by atoms with Crippen LogP contribution in [0.5, 0.6) is 0 Å². The number of ether oxygens (including phenoxy) is 2. The fourth-order valence-electron chi connectivity index (χ4n) is 3.55. The SMILES string of the molecule is FC(F)(F)c1ccc2c(c1)nc1n2C(CNC2CCOCC2)COC1. The summed E-state index contributed by atoms with van der Waals surface area (Å²) >= 11 is 0. The van der Waals surface area contributed by atoms with E-state index in [1.165, 1.54) is 6.07 Å². The van der Waals surface area contributed by atoms with Gasteiger partial charge in [-0.1, -0.05) is 0 Å². The fraction of sp³-hybridized carbons (Fsp3) is 0.588. The Labute approximate surface area is 143 Å². The molecule has 0 radical (unpaired) electrons. The molecule has 1 aromatic carbocycles. The highest BCUT2D eigenvalue weighted by Crippen LogP contribution is 2.33. The molecule has 2 aromatic rings. The van der Waals surface area contributed by atoms with Gasteiger partial charge in [-0.3, -0.25) is 0 Å². The highest BCUT2D eigenvalue weighted by molar-refractivity contribution is 5.77. The van der Waals surface area contributed by atoms with Gasteiger partial charge in [0.15, 0.2) is 0 Å². The van der Waals surface area contributed by atoms with Gasteiger partial charge in [0.1, 0.15) is 12.4 Å². The molecule has 1 atom stereocenters. The predicted octanol–water partition coefficient (Wildman–Crippen LogP) is 2.90. The highest BCUT2D eigenvalue weighted by atomic mass is 19.4. The Hall–Kier alpha value is -1.64. The minimum Gasteiger partial charge on any atom is -0.381 e. The van der Waals surface area contributed by atoms with Crippen molar-refractivity contribution in [2.45, 2.75) is 37.7 Å². The van der Waals surface area contributed by atoms with E-state index < -0.39 is 11.7 Å². The molecular formula is C17H20F3N3O2. The van der Waals surface area contributed by atoms with Crippen molar-refractivity contribution < 1.29 is 22.6 Å². The molecule has 1 fully saturated rings. The number of rotatable bonds is 3. The predicted molar refractivity (Wildman–Crippen MR) is 85.3 cm³/mol. The number of hydrogen-bond acceptors (Lipinski definition) is 4. The zero-order valence-corrected chi connectivity index (χ0v) is 13.7. The van der Waals surface area contributed by atoms with Crippen LogP contribution in [-0.2, 0) is 22.3 Å². The normalized spacial score (nSPS) is 22.3. The number of aromatic nitrogens is 2. The minimum atomic E-state index is -4.36. The van der Waals surface area contributed by atoms with Crippen molar-refractivity contribution in [2.24, 2.45) is 0 Å². The molecule has 0 bridgehead atoms. The summed E-state index contributed by atoms with van der Waals surface area (Å²) in [7, 11) is 0. The first-order valence-corrected chi connectivity index (χ1v) is 8.49. The molecule has 25 heavy (non-hydrogen) atoms. The topological polar surface area (TPSA) is 48.3 Å². The number of hydrogen-bond donors (Lipinski definition) is 1. The first kappa shape index (κ1) is 16.8. The summed E-state index contributed by atoms with van der Waals surface area (Å²) in [4.78, 5) is 4.36. The quantitative estimate of drug-likeness (QED) is 0.920. The van der Waals surface area contributed by atoms with Crippen LogP contribution in [0.2, 0.25) is 0 Å². The molecule has 2 aliphatic rings. The van der Waals surface area contributed by atoms with Crippen LogP contribution in [0.4, 0.5) is 13.2 Å². The maximum Gasteiger partial charge on any atom is 0.416 e. The third kappa shape index (κ3) is 3.38. The number of alkyl halides is 3. The maximum absolute atomic E-state index is 12.9. The van der Waals surface area contributed by atoms with E-state index in [0.717, 1.165) is 43.7 Å². The number of benzene rings is 1. The Morgan fingerprint density at radius 2 is 2.00 bits per heavy atom. The average molecular weight is 355 g/mol. The Bertz CT molecular complexity index is 753. The van der Waals surface area contributed by atoms with Crippen molar-refractivity contribution in [2.75, 3.05) is 26.4 Å². The van der Waals surface area contributed by atoms with E-state index in [2.05, 4.69) is 10.3 Å². The van der Waals surface area contributed by atoms with Gasteiger partial charge in [-0.2, -0.15) is 13.2 Å². The van der Waals surface area contributed by atoms with Crippen molar-refractivity contribution in [1.29, 1.82) is 0 Å². The monoisotopic (exact) mass is 355 g/mol. The lowest BCUT2D eigenvalue weighted by Crippen LogP contribution is -2.40. The van der Waals surface area contributed by atoms with E-state index in [9.17, 15) is 13.2 Å². The van der Waals surface area contributed by atoms with Crippen LogP contribution in [0.1, 0.15) is 30.3 Å². The fourth-order valence-corrected chi connectivity index (χ4v) is 3.55. The van der Waals surface area contributed by atoms with Crippen molar-refractivity contribution in [3.8, 4) is 0 Å². The van der Waals surface area contributed by atoms with E-state index in [-0.39, 0.29) is 6.04 Å². The molecule has 1 N–H and O–H groups in total. The molecule has 1 saturated heterocycles. The Morgan fingerprint density at radius 1 is 1.20 bits per heavy atom. The summed E-state index contributed by atoms with van der Waals surface area (Å²) < 4.78 is 51.8. The van der Waals surface area contributed by atoms with Crippen molar-refractivity contribution in [3.05, 3.63) is 29.6 Å². The van der Waals surface area contributed by atoms with Crippen LogP contribution in [0.3, 0.4) is 0 Å². The van der Waals surface area contributed by atoms with Crippen molar-refractivity contribution >= 4 is 11.0 Å². The lowest BCUT2D eigenvalue weighted by atomic mass is 10.1. The Kier molecular flexibility index (Phi) is 4.43. The molecule has 5 nitrogen and oxygen atoms in total.